The van der Waals surface area contributed by atoms with Gasteiger partial charge < -0.3 is 19.3 Å². The van der Waals surface area contributed by atoms with Gasteiger partial charge in [-0.2, -0.15) is 0 Å². The van der Waals surface area contributed by atoms with E-state index in [1.165, 1.54) is 10.4 Å². The van der Waals surface area contributed by atoms with Crippen LogP contribution in [0, 0.1) is 0 Å². The molecule has 5 aromatic rings. The Labute approximate surface area is 263 Å². The van der Waals surface area contributed by atoms with Crippen molar-refractivity contribution in [2.75, 3.05) is 42.5 Å². The minimum absolute atomic E-state index is 0.116. The molecule has 0 bridgehead atoms. The van der Waals surface area contributed by atoms with Crippen LogP contribution in [0.1, 0.15) is 20.1 Å². The molecule has 2 aliphatic rings. The van der Waals surface area contributed by atoms with Gasteiger partial charge in [0.05, 0.1) is 31.0 Å². The second kappa shape index (κ2) is 11.1. The quantitative estimate of drug-likeness (QED) is 0.202. The fraction of sp³-hybridized carbons (Fsp3) is 0.250. The van der Waals surface area contributed by atoms with Gasteiger partial charge in [-0.15, -0.1) is 11.3 Å². The summed E-state index contributed by atoms with van der Waals surface area (Å²) in [5.74, 6) is 0.966. The molecule has 7 rings (SSSR count). The van der Waals surface area contributed by atoms with Crippen LogP contribution in [0.25, 0.3) is 22.4 Å². The van der Waals surface area contributed by atoms with Crippen LogP contribution < -0.4 is 9.80 Å². The summed E-state index contributed by atoms with van der Waals surface area (Å²) in [6.07, 6.45) is 0.905. The van der Waals surface area contributed by atoms with Crippen molar-refractivity contribution in [1.29, 1.82) is 0 Å². The SMILES string of the molecule is Cn1c(-c2cc(N3CCc4sc(C(=O)N5CCN(c6ccc(Cl)c(Cl)c6)CC5)cc4C3)ccc2Cl)nc2ccccc21. The number of aryl methyl sites for hydroxylation is 1. The van der Waals surface area contributed by atoms with Crippen molar-refractivity contribution in [2.45, 2.75) is 13.0 Å². The molecule has 0 spiro atoms. The second-order valence-electron chi connectivity index (χ2n) is 10.8. The Bertz CT molecular complexity index is 1820. The summed E-state index contributed by atoms with van der Waals surface area (Å²) in [5, 5.41) is 1.77. The first-order chi connectivity index (χ1) is 20.4. The van der Waals surface area contributed by atoms with Crippen LogP contribution in [0.15, 0.2) is 66.7 Å². The highest BCUT2D eigenvalue weighted by Gasteiger charge is 2.27. The maximum Gasteiger partial charge on any atom is 0.264 e. The van der Waals surface area contributed by atoms with Crippen molar-refractivity contribution in [3.63, 3.8) is 0 Å². The van der Waals surface area contributed by atoms with Gasteiger partial charge >= 0.3 is 0 Å². The third kappa shape index (κ3) is 5.02. The minimum Gasteiger partial charge on any atom is -0.368 e. The molecule has 42 heavy (non-hydrogen) atoms. The van der Waals surface area contributed by atoms with E-state index in [-0.39, 0.29) is 5.91 Å². The average Bonchev–Trinajstić information content (AvgIpc) is 3.59. The molecule has 0 unspecified atom stereocenters. The number of aromatic nitrogens is 2. The molecule has 10 heteroatoms. The highest BCUT2D eigenvalue weighted by Crippen LogP contribution is 2.36. The number of imidazole rings is 1. The fourth-order valence-corrected chi connectivity index (χ4v) is 7.56. The van der Waals surface area contributed by atoms with E-state index >= 15 is 0 Å². The highest BCUT2D eigenvalue weighted by molar-refractivity contribution is 7.14. The largest absolute Gasteiger partial charge is 0.368 e. The van der Waals surface area contributed by atoms with Crippen LogP contribution in [0.5, 0.6) is 0 Å². The normalized spacial score (nSPS) is 15.4. The number of hydrogen-bond acceptors (Lipinski definition) is 5. The van der Waals surface area contributed by atoms with E-state index in [1.807, 2.05) is 54.4 Å². The monoisotopic (exact) mass is 635 g/mol. The maximum atomic E-state index is 13.5. The summed E-state index contributed by atoms with van der Waals surface area (Å²) < 4.78 is 2.09. The smallest absolute Gasteiger partial charge is 0.264 e. The third-order valence-corrected chi connectivity index (χ3v) is 10.5. The van der Waals surface area contributed by atoms with Crippen molar-refractivity contribution in [3.8, 4) is 11.4 Å². The van der Waals surface area contributed by atoms with Gasteiger partial charge in [0.25, 0.3) is 5.91 Å². The van der Waals surface area contributed by atoms with Gasteiger partial charge in [-0.3, -0.25) is 4.79 Å². The molecule has 0 radical (unpaired) electrons. The molecule has 2 aromatic heterocycles. The van der Waals surface area contributed by atoms with E-state index in [4.69, 9.17) is 39.8 Å². The van der Waals surface area contributed by atoms with Crippen LogP contribution in [0.3, 0.4) is 0 Å². The lowest BCUT2D eigenvalue weighted by Gasteiger charge is -2.36. The molecule has 1 saturated heterocycles. The summed E-state index contributed by atoms with van der Waals surface area (Å²) in [5.41, 5.74) is 6.30. The molecule has 214 valence electrons. The summed E-state index contributed by atoms with van der Waals surface area (Å²) >= 11 is 20.6. The lowest BCUT2D eigenvalue weighted by molar-refractivity contribution is 0.0751. The summed E-state index contributed by atoms with van der Waals surface area (Å²) in [6.45, 7) is 4.49. The number of fused-ring (bicyclic) bond motifs is 2. The Hall–Kier alpha value is -3.23. The predicted octanol–water partition coefficient (Wildman–Crippen LogP) is 7.79. The molecule has 2 aliphatic heterocycles. The fourth-order valence-electron chi connectivity index (χ4n) is 5.93. The zero-order valence-corrected chi connectivity index (χ0v) is 26.1. The van der Waals surface area contributed by atoms with Crippen LogP contribution in [0.2, 0.25) is 15.1 Å². The Morgan fingerprint density at radius 2 is 1.55 bits per heavy atom. The first-order valence-corrected chi connectivity index (χ1v) is 15.9. The molecule has 0 saturated carbocycles. The summed E-state index contributed by atoms with van der Waals surface area (Å²) in [7, 11) is 2.03. The number of piperazine rings is 1. The number of thiophene rings is 1. The van der Waals surface area contributed by atoms with Crippen molar-refractivity contribution in [3.05, 3.63) is 97.1 Å². The van der Waals surface area contributed by atoms with Crippen LogP contribution in [-0.4, -0.2) is 53.1 Å². The standard InChI is InChI=1S/C32H28Cl3N5OS/c1-37-28-5-3-2-4-27(28)36-31(37)23-17-21(6-8-24(23)33)40-11-10-29-20(19-40)16-30(42-29)32(41)39-14-12-38(13-15-39)22-7-9-25(34)26(35)18-22/h2-9,16-18H,10-15,19H2,1H3. The Kier molecular flexibility index (Phi) is 7.31. The molecule has 0 aliphatic carbocycles. The zero-order chi connectivity index (χ0) is 29.0. The summed E-state index contributed by atoms with van der Waals surface area (Å²) in [4.78, 5) is 27.1. The zero-order valence-electron chi connectivity index (χ0n) is 23.0. The average molecular weight is 637 g/mol. The molecular formula is C32H28Cl3N5OS. The van der Waals surface area contributed by atoms with Gasteiger partial charge in [0.1, 0.15) is 5.82 Å². The Morgan fingerprint density at radius 1 is 0.810 bits per heavy atom. The number of rotatable bonds is 4. The number of anilines is 2. The molecule has 1 amide bonds. The van der Waals surface area contributed by atoms with Crippen molar-refractivity contribution >= 4 is 74.5 Å². The molecule has 4 heterocycles. The number of hydrogen-bond donors (Lipinski definition) is 0. The minimum atomic E-state index is 0.116. The summed E-state index contributed by atoms with van der Waals surface area (Å²) in [6, 6.07) is 22.1. The first kappa shape index (κ1) is 27.6. The van der Waals surface area contributed by atoms with Crippen molar-refractivity contribution in [2.24, 2.45) is 7.05 Å². The van der Waals surface area contributed by atoms with E-state index < -0.39 is 0 Å². The maximum absolute atomic E-state index is 13.5. The molecule has 6 nitrogen and oxygen atoms in total. The van der Waals surface area contributed by atoms with Gasteiger partial charge in [-0.05, 0) is 66.6 Å². The van der Waals surface area contributed by atoms with Gasteiger partial charge in [0.15, 0.2) is 0 Å². The number of benzene rings is 3. The van der Waals surface area contributed by atoms with Gasteiger partial charge in [-0.25, -0.2) is 4.98 Å². The molecule has 0 atom stereocenters. The van der Waals surface area contributed by atoms with Gasteiger partial charge in [-0.1, -0.05) is 46.9 Å². The number of carbonyl (C=O) groups excluding carboxylic acids is 1. The second-order valence-corrected chi connectivity index (χ2v) is 13.1. The van der Waals surface area contributed by atoms with Gasteiger partial charge in [0.2, 0.25) is 0 Å². The van der Waals surface area contributed by atoms with Crippen LogP contribution in [-0.2, 0) is 20.0 Å². The van der Waals surface area contributed by atoms with Crippen LogP contribution >= 0.6 is 46.1 Å². The number of para-hydroxylation sites is 2. The van der Waals surface area contributed by atoms with Gasteiger partial charge in [0, 0.05) is 68.1 Å². The first-order valence-electron chi connectivity index (χ1n) is 13.9. The third-order valence-electron chi connectivity index (χ3n) is 8.26. The Balaban J connectivity index is 1.06. The number of amides is 1. The van der Waals surface area contributed by atoms with E-state index in [0.717, 1.165) is 71.3 Å². The Morgan fingerprint density at radius 3 is 2.31 bits per heavy atom. The molecular weight excluding hydrogens is 609 g/mol. The van der Waals surface area contributed by atoms with Crippen LogP contribution in [0.4, 0.5) is 11.4 Å². The van der Waals surface area contributed by atoms with Crippen molar-refractivity contribution < 1.29 is 4.79 Å². The number of nitrogens with zero attached hydrogens (tertiary/aromatic N) is 5. The molecule has 1 fully saturated rings. The van der Waals surface area contributed by atoms with E-state index in [1.54, 1.807) is 11.3 Å². The van der Waals surface area contributed by atoms with E-state index in [0.29, 0.717) is 28.2 Å². The van der Waals surface area contributed by atoms with Crippen molar-refractivity contribution in [1.82, 2.24) is 14.5 Å². The number of halogens is 3. The lowest BCUT2D eigenvalue weighted by atomic mass is 10.1. The van der Waals surface area contributed by atoms with E-state index in [2.05, 4.69) is 38.6 Å². The van der Waals surface area contributed by atoms with E-state index in [9.17, 15) is 4.79 Å². The highest BCUT2D eigenvalue weighted by atomic mass is 35.5. The molecule has 3 aromatic carbocycles. The predicted molar refractivity (Wildman–Crippen MR) is 175 cm³/mol. The lowest BCUT2D eigenvalue weighted by Crippen LogP contribution is -2.48. The number of carbonyl (C=O) groups is 1. The molecule has 0 N–H and O–H groups in total. The topological polar surface area (TPSA) is 44.6 Å².